The lowest BCUT2D eigenvalue weighted by molar-refractivity contribution is -0.166. The zero-order chi connectivity index (χ0) is 24.1. The molecule has 1 aromatic carbocycles. The molecule has 1 unspecified atom stereocenters. The molecule has 1 heterocycles. The molecule has 0 saturated carbocycles. The van der Waals surface area contributed by atoms with Gasteiger partial charge in [-0.15, -0.1) is 0 Å². The number of primary amides is 1. The lowest BCUT2D eigenvalue weighted by atomic mass is 9.88. The van der Waals surface area contributed by atoms with Crippen molar-refractivity contribution in [3.8, 4) is 0 Å². The summed E-state index contributed by atoms with van der Waals surface area (Å²) in [6.07, 6.45) is 18.1. The van der Waals surface area contributed by atoms with E-state index < -0.39 is 17.8 Å². The molecule has 2 rings (SSSR count). The summed E-state index contributed by atoms with van der Waals surface area (Å²) in [7, 11) is 0. The molecule has 6 heteroatoms. The number of carbonyl (C=O) groups excluding carboxylic acids is 3. The molecule has 2 N–H and O–H groups in total. The number of nitrogens with two attached hydrogens (primary N) is 1. The van der Waals surface area contributed by atoms with Crippen molar-refractivity contribution in [2.45, 2.75) is 84.5 Å². The highest BCUT2D eigenvalue weighted by atomic mass is 16.7. The third kappa shape index (κ3) is 9.24. The zero-order valence-corrected chi connectivity index (χ0v) is 20.1. The molecule has 1 aliphatic rings. The molecule has 1 aromatic rings. The summed E-state index contributed by atoms with van der Waals surface area (Å²) in [6.45, 7) is 3.50. The number of nitrogens with zero attached hydrogens (tertiary/aromatic N) is 1. The Bertz CT molecular complexity index is 859. The fourth-order valence-electron chi connectivity index (χ4n) is 4.06. The standard InChI is InChI=1S/C27H38N2O4/c1-3-4-5-6-7-8-9-10-11-12-14-22-15-13-16-23(19-22)26(31)24-17-18-29(33-21(2)30)20-25(24)27(28)32/h13,15-20,24H,3-12,14H2,1-2H3,(H2,28,32). The third-order valence-electron chi connectivity index (χ3n) is 5.86. The molecule has 6 nitrogen and oxygen atoms in total. The largest absolute Gasteiger partial charge is 0.366 e. The van der Waals surface area contributed by atoms with Gasteiger partial charge in [-0.25, -0.2) is 4.79 Å². The Kier molecular flexibility index (Phi) is 11.4. The second-order valence-electron chi connectivity index (χ2n) is 8.71. The minimum absolute atomic E-state index is 0.0869. The summed E-state index contributed by atoms with van der Waals surface area (Å²) in [6, 6.07) is 7.58. The molecule has 0 radical (unpaired) electrons. The maximum Gasteiger partial charge on any atom is 0.329 e. The SMILES string of the molecule is CCCCCCCCCCCCc1cccc(C(=O)C2C=CN(OC(C)=O)C=C2C(N)=O)c1. The Morgan fingerprint density at radius 3 is 2.21 bits per heavy atom. The van der Waals surface area contributed by atoms with E-state index in [2.05, 4.69) is 6.92 Å². The van der Waals surface area contributed by atoms with Gasteiger partial charge in [-0.1, -0.05) is 82.9 Å². The summed E-state index contributed by atoms with van der Waals surface area (Å²) < 4.78 is 0. The molecular weight excluding hydrogens is 416 g/mol. The number of rotatable bonds is 15. The van der Waals surface area contributed by atoms with E-state index in [4.69, 9.17) is 10.6 Å². The Labute approximate surface area is 197 Å². The molecule has 0 fully saturated rings. The third-order valence-corrected chi connectivity index (χ3v) is 5.86. The van der Waals surface area contributed by atoms with Gasteiger partial charge in [0.05, 0.1) is 17.7 Å². The van der Waals surface area contributed by atoms with Gasteiger partial charge in [0.1, 0.15) is 0 Å². The Morgan fingerprint density at radius 1 is 0.970 bits per heavy atom. The number of allylic oxidation sites excluding steroid dienone is 1. The van der Waals surface area contributed by atoms with Gasteiger partial charge in [0.2, 0.25) is 5.91 Å². The van der Waals surface area contributed by atoms with Gasteiger partial charge in [0, 0.05) is 18.7 Å². The number of aryl methyl sites for hydroxylation is 1. The summed E-state index contributed by atoms with van der Waals surface area (Å²) in [5.41, 5.74) is 7.23. The molecule has 1 amide bonds. The summed E-state index contributed by atoms with van der Waals surface area (Å²) in [5.74, 6) is -2.27. The van der Waals surface area contributed by atoms with Crippen molar-refractivity contribution < 1.29 is 19.2 Å². The van der Waals surface area contributed by atoms with Crippen molar-refractivity contribution in [2.24, 2.45) is 11.7 Å². The number of unbranched alkanes of at least 4 members (excludes halogenated alkanes) is 9. The van der Waals surface area contributed by atoms with E-state index in [1.807, 2.05) is 18.2 Å². The van der Waals surface area contributed by atoms with Gasteiger partial charge in [-0.3, -0.25) is 9.59 Å². The highest BCUT2D eigenvalue weighted by Gasteiger charge is 2.29. The van der Waals surface area contributed by atoms with E-state index in [0.29, 0.717) is 5.56 Å². The topological polar surface area (TPSA) is 89.7 Å². The number of hydrogen-bond donors (Lipinski definition) is 1. The first-order valence-corrected chi connectivity index (χ1v) is 12.2. The fraction of sp³-hybridized carbons (Fsp3) is 0.519. The van der Waals surface area contributed by atoms with Crippen molar-refractivity contribution >= 4 is 17.7 Å². The number of hydroxylamine groups is 2. The monoisotopic (exact) mass is 454 g/mol. The van der Waals surface area contributed by atoms with Crippen LogP contribution in [0.15, 0.2) is 48.3 Å². The van der Waals surface area contributed by atoms with E-state index in [1.165, 1.54) is 83.2 Å². The Balaban J connectivity index is 1.84. The van der Waals surface area contributed by atoms with E-state index in [9.17, 15) is 14.4 Å². The molecular formula is C27H38N2O4. The van der Waals surface area contributed by atoms with Crippen LogP contribution in [0.5, 0.6) is 0 Å². The summed E-state index contributed by atoms with van der Waals surface area (Å²) in [5, 5.41) is 1.09. The number of Topliss-reactive ketones (excluding diaryl/α,β-unsaturated/α-hetero) is 1. The zero-order valence-electron chi connectivity index (χ0n) is 20.1. The van der Waals surface area contributed by atoms with Crippen molar-refractivity contribution in [1.29, 1.82) is 0 Å². The molecule has 0 spiro atoms. The maximum atomic E-state index is 13.1. The lowest BCUT2D eigenvalue weighted by Crippen LogP contribution is -2.31. The Morgan fingerprint density at radius 2 is 1.61 bits per heavy atom. The summed E-state index contributed by atoms with van der Waals surface area (Å²) >= 11 is 0. The molecule has 33 heavy (non-hydrogen) atoms. The minimum Gasteiger partial charge on any atom is -0.366 e. The van der Waals surface area contributed by atoms with Crippen LogP contribution in [0.1, 0.15) is 94.0 Å². The lowest BCUT2D eigenvalue weighted by Gasteiger charge is -2.23. The normalized spacial score (nSPS) is 15.3. The molecule has 180 valence electrons. The van der Waals surface area contributed by atoms with Gasteiger partial charge in [-0.05, 0) is 30.5 Å². The van der Waals surface area contributed by atoms with Crippen LogP contribution in [0.4, 0.5) is 0 Å². The first-order valence-electron chi connectivity index (χ1n) is 12.2. The van der Waals surface area contributed by atoms with Crippen LogP contribution in [0.25, 0.3) is 0 Å². The predicted octanol–water partition coefficient (Wildman–Crippen LogP) is 5.63. The molecule has 0 bridgehead atoms. The summed E-state index contributed by atoms with van der Waals surface area (Å²) in [4.78, 5) is 41.1. The average Bonchev–Trinajstić information content (AvgIpc) is 2.79. The van der Waals surface area contributed by atoms with Gasteiger partial charge in [0.25, 0.3) is 0 Å². The van der Waals surface area contributed by atoms with Gasteiger partial charge >= 0.3 is 5.97 Å². The molecule has 1 aliphatic heterocycles. The van der Waals surface area contributed by atoms with E-state index >= 15 is 0 Å². The average molecular weight is 455 g/mol. The van der Waals surface area contributed by atoms with Gasteiger partial charge in [0.15, 0.2) is 5.78 Å². The molecule has 0 aliphatic carbocycles. The number of benzene rings is 1. The van der Waals surface area contributed by atoms with Crippen molar-refractivity contribution in [3.63, 3.8) is 0 Å². The van der Waals surface area contributed by atoms with Crippen LogP contribution in [0.3, 0.4) is 0 Å². The smallest absolute Gasteiger partial charge is 0.329 e. The van der Waals surface area contributed by atoms with Crippen LogP contribution in [-0.4, -0.2) is 22.7 Å². The molecule has 0 saturated heterocycles. The van der Waals surface area contributed by atoms with Crippen molar-refractivity contribution in [1.82, 2.24) is 5.06 Å². The highest BCUT2D eigenvalue weighted by Crippen LogP contribution is 2.25. The van der Waals surface area contributed by atoms with Gasteiger partial charge in [-0.2, -0.15) is 5.06 Å². The first-order chi connectivity index (χ1) is 15.9. The number of ketones is 1. The Hall–Kier alpha value is -2.89. The first kappa shape index (κ1) is 26.4. The number of hydrogen-bond acceptors (Lipinski definition) is 5. The van der Waals surface area contributed by atoms with Crippen molar-refractivity contribution in [2.75, 3.05) is 0 Å². The second-order valence-corrected chi connectivity index (χ2v) is 8.71. The van der Waals surface area contributed by atoms with E-state index in [-0.39, 0.29) is 11.4 Å². The van der Waals surface area contributed by atoms with Crippen LogP contribution < -0.4 is 5.73 Å². The second kappa shape index (κ2) is 14.3. The highest BCUT2D eigenvalue weighted by molar-refractivity contribution is 6.07. The minimum atomic E-state index is -0.804. The van der Waals surface area contributed by atoms with Crippen LogP contribution in [0, 0.1) is 5.92 Å². The van der Waals surface area contributed by atoms with Crippen LogP contribution >= 0.6 is 0 Å². The van der Waals surface area contributed by atoms with Gasteiger partial charge < -0.3 is 10.6 Å². The van der Waals surface area contributed by atoms with E-state index in [1.54, 1.807) is 6.07 Å². The predicted molar refractivity (Wildman–Crippen MR) is 130 cm³/mol. The quantitative estimate of drug-likeness (QED) is 0.274. The van der Waals surface area contributed by atoms with Crippen LogP contribution in [0.2, 0.25) is 0 Å². The van der Waals surface area contributed by atoms with Crippen molar-refractivity contribution in [3.05, 3.63) is 59.4 Å². The molecule has 1 atom stereocenters. The molecule has 0 aromatic heterocycles. The van der Waals surface area contributed by atoms with Crippen LogP contribution in [-0.2, 0) is 20.8 Å². The number of amides is 1. The maximum absolute atomic E-state index is 13.1. The number of carbonyl (C=O) groups is 3. The van der Waals surface area contributed by atoms with E-state index in [0.717, 1.165) is 23.5 Å². The fourth-order valence-corrected chi connectivity index (χ4v) is 4.06.